The van der Waals surface area contributed by atoms with E-state index >= 15 is 0 Å². The molecule has 2 aromatic carbocycles. The van der Waals surface area contributed by atoms with Crippen LogP contribution in [0, 0.1) is 0 Å². The van der Waals surface area contributed by atoms with E-state index in [2.05, 4.69) is 5.32 Å². The molecule has 0 aliphatic carbocycles. The predicted molar refractivity (Wildman–Crippen MR) is 79.0 cm³/mol. The number of anilines is 2. The fraction of sp³-hybridized carbons (Fsp3) is 0.250. The molecule has 0 saturated heterocycles. The van der Waals surface area contributed by atoms with E-state index in [1.54, 1.807) is 0 Å². The van der Waals surface area contributed by atoms with Crippen LogP contribution >= 0.6 is 0 Å². The maximum Gasteiger partial charge on any atom is 0.416 e. The van der Waals surface area contributed by atoms with Crippen LogP contribution in [-0.4, -0.2) is 0 Å². The van der Waals surface area contributed by atoms with Crippen molar-refractivity contribution in [3.05, 3.63) is 59.7 Å². The highest BCUT2D eigenvalue weighted by atomic mass is 19.4. The van der Waals surface area contributed by atoms with Gasteiger partial charge in [0.15, 0.2) is 0 Å². The first-order chi connectivity index (χ1) is 9.91. The van der Waals surface area contributed by atoms with Crippen LogP contribution in [0.1, 0.15) is 30.5 Å². The Labute approximate surface area is 121 Å². The molecule has 0 spiro atoms. The lowest BCUT2D eigenvalue weighted by atomic mass is 10.0. The van der Waals surface area contributed by atoms with E-state index in [0.29, 0.717) is 5.69 Å². The first kappa shape index (κ1) is 15.2. The molecule has 0 radical (unpaired) electrons. The highest BCUT2D eigenvalue weighted by Crippen LogP contribution is 2.34. The third-order valence-corrected chi connectivity index (χ3v) is 3.32. The minimum atomic E-state index is -4.38. The van der Waals surface area contributed by atoms with Crippen molar-refractivity contribution in [1.82, 2.24) is 0 Å². The maximum absolute atomic E-state index is 12.6. The molecule has 2 rings (SSSR count). The summed E-state index contributed by atoms with van der Waals surface area (Å²) in [6.07, 6.45) is -3.58. The molecule has 0 aliphatic heterocycles. The van der Waals surface area contributed by atoms with Crippen molar-refractivity contribution >= 4 is 11.4 Å². The third kappa shape index (κ3) is 3.68. The molecule has 0 aliphatic rings. The largest absolute Gasteiger partial charge is 0.416 e. The zero-order chi connectivity index (χ0) is 15.5. The van der Waals surface area contributed by atoms with Crippen molar-refractivity contribution < 1.29 is 13.2 Å². The van der Waals surface area contributed by atoms with Gasteiger partial charge in [0.1, 0.15) is 0 Å². The molecule has 0 amide bonds. The molecule has 5 heteroatoms. The Morgan fingerprint density at radius 3 is 2.29 bits per heavy atom. The smallest absolute Gasteiger partial charge is 0.397 e. The summed E-state index contributed by atoms with van der Waals surface area (Å²) in [5.74, 6) is 0. The standard InChI is InChI=1S/C16H17F3N2/c1-2-14(11-6-4-3-5-7-11)21-15-9-8-12(10-13(15)20)16(17,18)19/h3-10,14,21H,2,20H2,1H3. The van der Waals surface area contributed by atoms with E-state index in [4.69, 9.17) is 5.73 Å². The van der Waals surface area contributed by atoms with E-state index < -0.39 is 11.7 Å². The number of nitrogens with one attached hydrogen (secondary N) is 1. The average Bonchev–Trinajstić information content (AvgIpc) is 2.46. The van der Waals surface area contributed by atoms with Gasteiger partial charge < -0.3 is 11.1 Å². The lowest BCUT2D eigenvalue weighted by Gasteiger charge is -2.20. The van der Waals surface area contributed by atoms with Crippen LogP contribution in [0.3, 0.4) is 0 Å². The number of hydrogen-bond acceptors (Lipinski definition) is 2. The Bertz CT molecular complexity index is 594. The van der Waals surface area contributed by atoms with Gasteiger partial charge in [-0.1, -0.05) is 37.3 Å². The van der Waals surface area contributed by atoms with Gasteiger partial charge in [-0.3, -0.25) is 0 Å². The minimum absolute atomic E-state index is 0.00485. The van der Waals surface area contributed by atoms with E-state index in [0.717, 1.165) is 24.1 Å². The molecule has 1 atom stereocenters. The summed E-state index contributed by atoms with van der Waals surface area (Å²) in [5, 5.41) is 3.20. The quantitative estimate of drug-likeness (QED) is 0.791. The van der Waals surface area contributed by atoms with Crippen molar-refractivity contribution in [2.45, 2.75) is 25.6 Å². The van der Waals surface area contributed by atoms with Crippen LogP contribution in [-0.2, 0) is 6.18 Å². The zero-order valence-electron chi connectivity index (χ0n) is 11.6. The molecule has 0 saturated carbocycles. The lowest BCUT2D eigenvalue weighted by molar-refractivity contribution is -0.137. The van der Waals surface area contributed by atoms with Gasteiger partial charge in [0.25, 0.3) is 0 Å². The number of hydrogen-bond donors (Lipinski definition) is 2. The fourth-order valence-corrected chi connectivity index (χ4v) is 2.16. The second-order valence-corrected chi connectivity index (χ2v) is 4.82. The highest BCUT2D eigenvalue weighted by Gasteiger charge is 2.30. The Morgan fingerprint density at radius 2 is 1.76 bits per heavy atom. The first-order valence-electron chi connectivity index (χ1n) is 6.70. The van der Waals surface area contributed by atoms with Crippen molar-refractivity contribution in [1.29, 1.82) is 0 Å². The van der Waals surface area contributed by atoms with Gasteiger partial charge in [-0.05, 0) is 30.2 Å². The topological polar surface area (TPSA) is 38.0 Å². The summed E-state index contributed by atoms with van der Waals surface area (Å²) in [6.45, 7) is 2.00. The van der Waals surface area contributed by atoms with Crippen LogP contribution in [0.5, 0.6) is 0 Å². The van der Waals surface area contributed by atoms with Gasteiger partial charge in [-0.15, -0.1) is 0 Å². The number of rotatable bonds is 4. The molecule has 3 N–H and O–H groups in total. The maximum atomic E-state index is 12.6. The minimum Gasteiger partial charge on any atom is -0.397 e. The van der Waals surface area contributed by atoms with E-state index in [9.17, 15) is 13.2 Å². The van der Waals surface area contributed by atoms with E-state index in [-0.39, 0.29) is 11.7 Å². The van der Waals surface area contributed by atoms with Crippen molar-refractivity contribution in [3.63, 3.8) is 0 Å². The Balaban J connectivity index is 2.23. The summed E-state index contributed by atoms with van der Waals surface area (Å²) in [6, 6.07) is 13.1. The summed E-state index contributed by atoms with van der Waals surface area (Å²) in [4.78, 5) is 0. The number of nitrogen functional groups attached to an aromatic ring is 1. The van der Waals surface area contributed by atoms with Crippen molar-refractivity contribution in [2.75, 3.05) is 11.1 Å². The molecule has 0 fully saturated rings. The predicted octanol–water partition coefficient (Wildman–Crippen LogP) is 4.85. The average molecular weight is 294 g/mol. The van der Waals surface area contributed by atoms with E-state index in [1.165, 1.54) is 6.07 Å². The second-order valence-electron chi connectivity index (χ2n) is 4.82. The number of nitrogens with two attached hydrogens (primary N) is 1. The summed E-state index contributed by atoms with van der Waals surface area (Å²) in [7, 11) is 0. The Kier molecular flexibility index (Phi) is 4.40. The van der Waals surface area contributed by atoms with Crippen LogP contribution in [0.15, 0.2) is 48.5 Å². The fourth-order valence-electron chi connectivity index (χ4n) is 2.16. The number of halogens is 3. The van der Waals surface area contributed by atoms with Crippen molar-refractivity contribution in [2.24, 2.45) is 0 Å². The molecular formula is C16H17F3N2. The number of alkyl halides is 3. The Hall–Kier alpha value is -2.17. The van der Waals surface area contributed by atoms with Gasteiger partial charge >= 0.3 is 6.18 Å². The third-order valence-electron chi connectivity index (χ3n) is 3.32. The first-order valence-corrected chi connectivity index (χ1v) is 6.70. The van der Waals surface area contributed by atoms with Crippen LogP contribution in [0.25, 0.3) is 0 Å². The van der Waals surface area contributed by atoms with Crippen molar-refractivity contribution in [3.8, 4) is 0 Å². The summed E-state index contributed by atoms with van der Waals surface area (Å²) >= 11 is 0. The zero-order valence-corrected chi connectivity index (χ0v) is 11.6. The van der Waals surface area contributed by atoms with Gasteiger partial charge in [-0.25, -0.2) is 0 Å². The molecule has 0 heterocycles. The molecule has 0 aromatic heterocycles. The van der Waals surface area contributed by atoms with Gasteiger partial charge in [-0.2, -0.15) is 13.2 Å². The van der Waals surface area contributed by atoms with Crippen LogP contribution in [0.4, 0.5) is 24.5 Å². The van der Waals surface area contributed by atoms with Crippen LogP contribution < -0.4 is 11.1 Å². The molecule has 0 bridgehead atoms. The number of benzene rings is 2. The molecule has 1 unspecified atom stereocenters. The lowest BCUT2D eigenvalue weighted by Crippen LogP contribution is -2.12. The summed E-state index contributed by atoms with van der Waals surface area (Å²) in [5.41, 5.74) is 6.68. The SMILES string of the molecule is CCC(Nc1ccc(C(F)(F)F)cc1N)c1ccccc1. The van der Waals surface area contributed by atoms with Crippen LogP contribution in [0.2, 0.25) is 0 Å². The molecule has 2 aromatic rings. The van der Waals surface area contributed by atoms with Gasteiger partial charge in [0.2, 0.25) is 0 Å². The highest BCUT2D eigenvalue weighted by molar-refractivity contribution is 5.68. The Morgan fingerprint density at radius 1 is 1.10 bits per heavy atom. The molecule has 112 valence electrons. The summed E-state index contributed by atoms with van der Waals surface area (Å²) < 4.78 is 37.9. The molecule has 21 heavy (non-hydrogen) atoms. The van der Waals surface area contributed by atoms with Gasteiger partial charge in [0.05, 0.1) is 23.0 Å². The second kappa shape index (κ2) is 6.08. The van der Waals surface area contributed by atoms with Gasteiger partial charge in [0, 0.05) is 0 Å². The van der Waals surface area contributed by atoms with E-state index in [1.807, 2.05) is 37.3 Å². The molecular weight excluding hydrogens is 277 g/mol. The molecule has 2 nitrogen and oxygen atoms in total. The normalized spacial score (nSPS) is 13.0. The monoisotopic (exact) mass is 294 g/mol.